The molecule has 0 saturated heterocycles. The molecule has 0 spiro atoms. The molecule has 0 amide bonds. The lowest BCUT2D eigenvalue weighted by Crippen LogP contribution is -2.40. The van der Waals surface area contributed by atoms with E-state index in [1.165, 1.54) is 54.1 Å². The van der Waals surface area contributed by atoms with Crippen LogP contribution < -0.4 is 20.6 Å². The van der Waals surface area contributed by atoms with E-state index in [0.29, 0.717) is 0 Å². The molecule has 8 rings (SSSR count). The van der Waals surface area contributed by atoms with Crippen molar-refractivity contribution in [2.75, 3.05) is 11.5 Å². The number of nitrogens with two attached hydrogens (primary N) is 2. The van der Waals surface area contributed by atoms with Crippen molar-refractivity contribution in [2.24, 2.45) is 0 Å². The number of para-hydroxylation sites is 2. The Morgan fingerprint density at radius 2 is 0.756 bits per heavy atom. The SMILES string of the molecule is Nc1cc2c(c[n+](CCC[n+]3cc4c5ccccc5c(N)cc4c4ccccc43)c3ccccc23)c2ccccc12. The number of nitrogen functional groups attached to an aromatic ring is 2. The van der Waals surface area contributed by atoms with Crippen LogP contribution in [0.2, 0.25) is 0 Å². The van der Waals surface area contributed by atoms with Crippen LogP contribution in [0, 0.1) is 0 Å². The molecule has 0 aliphatic carbocycles. The predicted molar refractivity (Wildman–Crippen MR) is 172 cm³/mol. The maximum absolute atomic E-state index is 6.51. The second kappa shape index (κ2) is 9.17. The van der Waals surface area contributed by atoms with Crippen LogP contribution in [0.25, 0.3) is 64.9 Å². The van der Waals surface area contributed by atoms with Crippen molar-refractivity contribution >= 4 is 76.3 Å². The van der Waals surface area contributed by atoms with Crippen LogP contribution >= 0.6 is 0 Å². The quantitative estimate of drug-likeness (QED) is 0.141. The first-order valence-corrected chi connectivity index (χ1v) is 14.2. The van der Waals surface area contributed by atoms with Crippen molar-refractivity contribution in [1.82, 2.24) is 0 Å². The summed E-state index contributed by atoms with van der Waals surface area (Å²) in [5.74, 6) is 0. The van der Waals surface area contributed by atoms with Gasteiger partial charge in [0, 0.05) is 45.1 Å². The summed E-state index contributed by atoms with van der Waals surface area (Å²) in [6, 6.07) is 38.5. The van der Waals surface area contributed by atoms with E-state index in [9.17, 15) is 0 Å². The third-order valence-electron chi connectivity index (χ3n) is 8.61. The molecule has 0 aliphatic rings. The predicted octanol–water partition coefficient (Wildman–Crippen LogP) is 7.44. The Morgan fingerprint density at radius 1 is 0.390 bits per heavy atom. The Kier molecular flexibility index (Phi) is 5.29. The number of anilines is 2. The first-order valence-electron chi connectivity index (χ1n) is 14.2. The largest absolute Gasteiger partial charge is 0.398 e. The molecule has 4 heteroatoms. The van der Waals surface area contributed by atoms with Crippen molar-refractivity contribution in [3.8, 4) is 0 Å². The summed E-state index contributed by atoms with van der Waals surface area (Å²) in [5.41, 5.74) is 17.1. The highest BCUT2D eigenvalue weighted by molar-refractivity contribution is 6.19. The number of pyridine rings is 2. The summed E-state index contributed by atoms with van der Waals surface area (Å²) in [6.45, 7) is 1.80. The molecule has 0 aliphatic heterocycles. The van der Waals surface area contributed by atoms with E-state index in [2.05, 4.69) is 131 Å². The van der Waals surface area contributed by atoms with Crippen LogP contribution in [0.15, 0.2) is 122 Å². The van der Waals surface area contributed by atoms with Crippen LogP contribution in [0.1, 0.15) is 6.42 Å². The number of hydrogen-bond acceptors (Lipinski definition) is 2. The van der Waals surface area contributed by atoms with Crippen molar-refractivity contribution < 1.29 is 9.13 Å². The van der Waals surface area contributed by atoms with E-state index < -0.39 is 0 Å². The molecular formula is C37H30N4+2. The van der Waals surface area contributed by atoms with Crippen LogP contribution in [0.5, 0.6) is 0 Å². The zero-order valence-electron chi connectivity index (χ0n) is 22.7. The number of rotatable bonds is 4. The number of benzene rings is 6. The standard InChI is InChI=1S/C37H28N4/c38-34-20-30-28-14-5-7-16-36(28)40(22-32(30)24-10-1-3-12-26(24)34)18-9-19-41-23-33-25-11-2-4-13-27(25)35(39)21-31(33)29-15-6-8-17-37(29)41/h1-8,10-17,20-23,38-39H,9,18-19H2/p+2. The van der Waals surface area contributed by atoms with Gasteiger partial charge in [0.1, 0.15) is 0 Å². The molecule has 0 bridgehead atoms. The molecule has 6 aromatic carbocycles. The van der Waals surface area contributed by atoms with E-state index in [1.807, 2.05) is 0 Å². The van der Waals surface area contributed by atoms with Crippen LogP contribution in [-0.2, 0) is 13.1 Å². The zero-order valence-corrected chi connectivity index (χ0v) is 22.7. The molecule has 2 aromatic heterocycles. The monoisotopic (exact) mass is 530 g/mol. The lowest BCUT2D eigenvalue weighted by atomic mass is 9.98. The van der Waals surface area contributed by atoms with Gasteiger partial charge in [-0.15, -0.1) is 0 Å². The molecule has 0 saturated carbocycles. The van der Waals surface area contributed by atoms with Crippen LogP contribution in [0.4, 0.5) is 11.4 Å². The van der Waals surface area contributed by atoms with E-state index in [-0.39, 0.29) is 0 Å². The minimum absolute atomic E-state index is 0.824. The molecule has 0 radical (unpaired) electrons. The molecule has 196 valence electrons. The van der Waals surface area contributed by atoms with Crippen LogP contribution in [0.3, 0.4) is 0 Å². The molecule has 41 heavy (non-hydrogen) atoms. The highest BCUT2D eigenvalue weighted by atomic mass is 15.0. The van der Waals surface area contributed by atoms with Crippen molar-refractivity contribution in [2.45, 2.75) is 19.5 Å². The highest BCUT2D eigenvalue weighted by Crippen LogP contribution is 2.34. The Morgan fingerprint density at radius 3 is 1.20 bits per heavy atom. The minimum atomic E-state index is 0.824. The third kappa shape index (κ3) is 3.68. The molecular weight excluding hydrogens is 500 g/mol. The minimum Gasteiger partial charge on any atom is -0.398 e. The Bertz CT molecular complexity index is 2160. The van der Waals surface area contributed by atoms with Gasteiger partial charge in [0.05, 0.1) is 28.0 Å². The summed E-state index contributed by atoms with van der Waals surface area (Å²) in [6.07, 6.45) is 5.62. The fourth-order valence-corrected chi connectivity index (χ4v) is 6.71. The van der Waals surface area contributed by atoms with Gasteiger partial charge in [-0.1, -0.05) is 72.8 Å². The van der Waals surface area contributed by atoms with E-state index >= 15 is 0 Å². The van der Waals surface area contributed by atoms with Gasteiger partial charge in [-0.05, 0) is 35.0 Å². The fourth-order valence-electron chi connectivity index (χ4n) is 6.71. The highest BCUT2D eigenvalue weighted by Gasteiger charge is 2.19. The van der Waals surface area contributed by atoms with E-state index in [0.717, 1.165) is 41.7 Å². The lowest BCUT2D eigenvalue weighted by Gasteiger charge is -2.11. The van der Waals surface area contributed by atoms with E-state index in [1.54, 1.807) is 0 Å². The molecule has 4 nitrogen and oxygen atoms in total. The summed E-state index contributed by atoms with van der Waals surface area (Å²) in [5, 5.41) is 11.9. The summed E-state index contributed by atoms with van der Waals surface area (Å²) in [7, 11) is 0. The second-order valence-electron chi connectivity index (χ2n) is 11.0. The van der Waals surface area contributed by atoms with Gasteiger partial charge >= 0.3 is 0 Å². The second-order valence-corrected chi connectivity index (χ2v) is 11.0. The number of aromatic nitrogens is 2. The normalized spacial score (nSPS) is 11.9. The van der Waals surface area contributed by atoms with Gasteiger partial charge in [0.2, 0.25) is 11.0 Å². The number of hydrogen-bond donors (Lipinski definition) is 2. The fraction of sp³-hybridized carbons (Fsp3) is 0.0811. The first-order chi connectivity index (χ1) is 20.2. The zero-order chi connectivity index (χ0) is 27.5. The Hall–Kier alpha value is -5.22. The molecule has 0 unspecified atom stereocenters. The maximum Gasteiger partial charge on any atom is 0.213 e. The molecule has 2 heterocycles. The topological polar surface area (TPSA) is 59.8 Å². The Labute approximate surface area is 237 Å². The number of fused-ring (bicyclic) bond motifs is 10. The number of aryl methyl sites for hydroxylation is 2. The van der Waals surface area contributed by atoms with Crippen LogP contribution in [-0.4, -0.2) is 0 Å². The average molecular weight is 531 g/mol. The summed E-state index contributed by atoms with van der Waals surface area (Å²) >= 11 is 0. The molecule has 0 atom stereocenters. The maximum atomic E-state index is 6.51. The average Bonchev–Trinajstić information content (AvgIpc) is 3.02. The van der Waals surface area contributed by atoms with Gasteiger partial charge in [0.15, 0.2) is 25.5 Å². The molecule has 4 N–H and O–H groups in total. The number of nitrogens with zero attached hydrogens (tertiary/aromatic N) is 2. The lowest BCUT2D eigenvalue weighted by molar-refractivity contribution is -0.701. The summed E-state index contributed by atoms with van der Waals surface area (Å²) < 4.78 is 4.83. The van der Waals surface area contributed by atoms with Gasteiger partial charge in [-0.3, -0.25) is 0 Å². The van der Waals surface area contributed by atoms with Gasteiger partial charge < -0.3 is 11.5 Å². The molecule has 8 aromatic rings. The van der Waals surface area contributed by atoms with Crippen molar-refractivity contribution in [3.05, 3.63) is 122 Å². The van der Waals surface area contributed by atoms with Crippen molar-refractivity contribution in [1.29, 1.82) is 0 Å². The first kappa shape index (κ1) is 23.6. The van der Waals surface area contributed by atoms with E-state index in [4.69, 9.17) is 11.5 Å². The smallest absolute Gasteiger partial charge is 0.213 e. The van der Waals surface area contributed by atoms with Gasteiger partial charge in [-0.2, -0.15) is 9.13 Å². The Balaban J connectivity index is 1.24. The van der Waals surface area contributed by atoms with Gasteiger partial charge in [-0.25, -0.2) is 0 Å². The summed E-state index contributed by atoms with van der Waals surface area (Å²) in [4.78, 5) is 0. The third-order valence-corrected chi connectivity index (χ3v) is 8.61. The van der Waals surface area contributed by atoms with Gasteiger partial charge in [0.25, 0.3) is 0 Å². The molecule has 0 fully saturated rings. The van der Waals surface area contributed by atoms with Crippen molar-refractivity contribution in [3.63, 3.8) is 0 Å².